The molecule has 0 bridgehead atoms. The molecule has 146 valence electrons. The van der Waals surface area contributed by atoms with Gasteiger partial charge < -0.3 is 20.4 Å². The number of H-pyrrole nitrogens is 1. The van der Waals surface area contributed by atoms with Crippen LogP contribution in [0, 0.1) is 12.7 Å². The number of nitrogens with zero attached hydrogens (tertiary/aromatic N) is 2. The average Bonchev–Trinajstić information content (AvgIpc) is 3.16. The molecule has 4 aromatic rings. The molecule has 0 amide bonds. The van der Waals surface area contributed by atoms with Crippen molar-refractivity contribution >= 4 is 23.0 Å². The van der Waals surface area contributed by atoms with E-state index in [1.165, 1.54) is 12.1 Å². The van der Waals surface area contributed by atoms with Crippen LogP contribution >= 0.6 is 0 Å². The van der Waals surface area contributed by atoms with Crippen LogP contribution in [0.25, 0.3) is 11.4 Å². The Labute approximate surface area is 167 Å². The second-order valence-corrected chi connectivity index (χ2v) is 6.49. The van der Waals surface area contributed by atoms with Gasteiger partial charge in [-0.05, 0) is 55.5 Å². The van der Waals surface area contributed by atoms with Gasteiger partial charge >= 0.3 is 0 Å². The highest BCUT2D eigenvalue weighted by Crippen LogP contribution is 2.31. The highest BCUT2D eigenvalue weighted by molar-refractivity contribution is 5.71. The van der Waals surface area contributed by atoms with Crippen LogP contribution in [0.1, 0.15) is 5.69 Å². The number of ether oxygens (including phenoxy) is 1. The van der Waals surface area contributed by atoms with Crippen molar-refractivity contribution in [2.45, 2.75) is 6.92 Å². The van der Waals surface area contributed by atoms with Crippen molar-refractivity contribution in [3.8, 4) is 17.1 Å². The van der Waals surface area contributed by atoms with Crippen LogP contribution in [0.4, 0.5) is 27.4 Å². The molecular weight excluding hydrogens is 369 g/mol. The van der Waals surface area contributed by atoms with Gasteiger partial charge in [-0.25, -0.2) is 14.4 Å². The maximum absolute atomic E-state index is 13.1. The van der Waals surface area contributed by atoms with E-state index in [0.29, 0.717) is 17.4 Å². The molecule has 0 saturated heterocycles. The van der Waals surface area contributed by atoms with Gasteiger partial charge in [0.1, 0.15) is 29.0 Å². The first kappa shape index (κ1) is 18.5. The molecule has 0 aliphatic rings. The van der Waals surface area contributed by atoms with Gasteiger partial charge in [0.2, 0.25) is 0 Å². The average molecular weight is 389 g/mol. The fourth-order valence-electron chi connectivity index (χ4n) is 2.92. The first-order chi connectivity index (χ1) is 14.1. The van der Waals surface area contributed by atoms with Crippen LogP contribution < -0.4 is 15.4 Å². The van der Waals surface area contributed by atoms with Crippen LogP contribution in [0.2, 0.25) is 0 Å². The van der Waals surface area contributed by atoms with E-state index in [2.05, 4.69) is 25.6 Å². The molecule has 6 nitrogen and oxygen atoms in total. The number of pyridine rings is 1. The Bertz CT molecular complexity index is 1120. The molecule has 0 aliphatic carbocycles. The monoisotopic (exact) mass is 389 g/mol. The smallest absolute Gasteiger partial charge is 0.141 e. The van der Waals surface area contributed by atoms with Crippen molar-refractivity contribution in [3.05, 3.63) is 78.4 Å². The molecule has 4 rings (SSSR count). The van der Waals surface area contributed by atoms with Gasteiger partial charge in [0.05, 0.1) is 12.7 Å². The molecular formula is C22H20FN5O. The highest BCUT2D eigenvalue weighted by atomic mass is 19.1. The van der Waals surface area contributed by atoms with Crippen molar-refractivity contribution in [2.75, 3.05) is 17.7 Å². The van der Waals surface area contributed by atoms with Crippen molar-refractivity contribution in [1.29, 1.82) is 0 Å². The Balaban J connectivity index is 1.53. The maximum atomic E-state index is 13.1. The Morgan fingerprint density at radius 2 is 1.62 bits per heavy atom. The minimum Gasteiger partial charge on any atom is -0.496 e. The van der Waals surface area contributed by atoms with Crippen LogP contribution in [-0.2, 0) is 0 Å². The fraction of sp³-hybridized carbons (Fsp3) is 0.0909. The number of aromatic nitrogens is 3. The number of hydrogen-bond acceptors (Lipinski definition) is 5. The molecule has 0 aliphatic heterocycles. The topological polar surface area (TPSA) is 74.9 Å². The van der Waals surface area contributed by atoms with E-state index in [9.17, 15) is 4.39 Å². The molecule has 29 heavy (non-hydrogen) atoms. The number of rotatable bonds is 6. The molecule has 3 N–H and O–H groups in total. The molecule has 0 unspecified atom stereocenters. The predicted molar refractivity (Wildman–Crippen MR) is 113 cm³/mol. The van der Waals surface area contributed by atoms with Crippen LogP contribution in [0.5, 0.6) is 5.75 Å². The van der Waals surface area contributed by atoms with Crippen molar-refractivity contribution in [3.63, 3.8) is 0 Å². The Morgan fingerprint density at radius 3 is 2.28 bits per heavy atom. The van der Waals surface area contributed by atoms with E-state index >= 15 is 0 Å². The van der Waals surface area contributed by atoms with Gasteiger partial charge in [-0.1, -0.05) is 6.07 Å². The summed E-state index contributed by atoms with van der Waals surface area (Å²) in [7, 11) is 1.63. The molecule has 0 atom stereocenters. The summed E-state index contributed by atoms with van der Waals surface area (Å²) in [6.45, 7) is 1.96. The molecule has 0 radical (unpaired) electrons. The summed E-state index contributed by atoms with van der Waals surface area (Å²) in [6.07, 6.45) is 1.78. The highest BCUT2D eigenvalue weighted by Gasteiger charge is 2.10. The quantitative estimate of drug-likeness (QED) is 0.411. The number of hydrogen-bond donors (Lipinski definition) is 3. The standard InChI is InChI=1S/C22H20FN5O/c1-14-13-24-22(25-14)18-11-10-17(12-19(18)29-2)27-21-5-3-4-20(28-21)26-16-8-6-15(23)7-9-16/h3-13H,1-2H3,(H,24,25)(H2,26,27,28). The first-order valence-electron chi connectivity index (χ1n) is 9.07. The summed E-state index contributed by atoms with van der Waals surface area (Å²) in [6, 6.07) is 17.5. The summed E-state index contributed by atoms with van der Waals surface area (Å²) in [4.78, 5) is 12.1. The zero-order chi connectivity index (χ0) is 20.2. The molecule has 0 fully saturated rings. The molecule has 7 heteroatoms. The van der Waals surface area contributed by atoms with E-state index in [-0.39, 0.29) is 5.82 Å². The van der Waals surface area contributed by atoms with E-state index in [0.717, 1.165) is 28.5 Å². The molecule has 2 aromatic carbocycles. The lowest BCUT2D eigenvalue weighted by Gasteiger charge is -2.12. The second-order valence-electron chi connectivity index (χ2n) is 6.49. The largest absolute Gasteiger partial charge is 0.496 e. The third kappa shape index (κ3) is 4.35. The summed E-state index contributed by atoms with van der Waals surface area (Å²) >= 11 is 0. The SMILES string of the molecule is COc1cc(Nc2cccc(Nc3ccc(F)cc3)n2)ccc1-c1ncc(C)[nH]1. The molecule has 0 saturated carbocycles. The van der Waals surface area contributed by atoms with E-state index < -0.39 is 0 Å². The van der Waals surface area contributed by atoms with Crippen LogP contribution in [0.15, 0.2) is 66.9 Å². The summed E-state index contributed by atoms with van der Waals surface area (Å²) in [5.41, 5.74) is 3.46. The number of aryl methyl sites for hydroxylation is 1. The van der Waals surface area contributed by atoms with Crippen molar-refractivity contribution < 1.29 is 9.13 Å². The van der Waals surface area contributed by atoms with Crippen LogP contribution in [0.3, 0.4) is 0 Å². The molecule has 0 spiro atoms. The predicted octanol–water partition coefficient (Wildman–Crippen LogP) is 5.42. The molecule has 2 heterocycles. The lowest BCUT2D eigenvalue weighted by Crippen LogP contribution is -1.99. The number of anilines is 4. The van der Waals surface area contributed by atoms with Gasteiger partial charge in [-0.15, -0.1) is 0 Å². The van der Waals surface area contributed by atoms with E-state index in [1.54, 1.807) is 25.4 Å². The zero-order valence-electron chi connectivity index (χ0n) is 16.0. The van der Waals surface area contributed by atoms with Crippen molar-refractivity contribution in [1.82, 2.24) is 15.0 Å². The lowest BCUT2D eigenvalue weighted by molar-refractivity contribution is 0.416. The number of halogens is 1. The Morgan fingerprint density at radius 1 is 0.931 bits per heavy atom. The summed E-state index contributed by atoms with van der Waals surface area (Å²) in [5.74, 6) is 2.50. The van der Waals surface area contributed by atoms with Gasteiger partial charge in [-0.3, -0.25) is 0 Å². The number of imidazole rings is 1. The Hall–Kier alpha value is -3.87. The van der Waals surface area contributed by atoms with Gasteiger partial charge in [-0.2, -0.15) is 0 Å². The minimum atomic E-state index is -0.277. The number of aromatic amines is 1. The fourth-order valence-corrected chi connectivity index (χ4v) is 2.92. The number of nitrogens with one attached hydrogen (secondary N) is 3. The van der Waals surface area contributed by atoms with Crippen LogP contribution in [-0.4, -0.2) is 22.1 Å². The maximum Gasteiger partial charge on any atom is 0.141 e. The Kier molecular flexibility index (Phi) is 5.11. The van der Waals surface area contributed by atoms with Gasteiger partial charge in [0.15, 0.2) is 0 Å². The van der Waals surface area contributed by atoms with E-state index in [1.807, 2.05) is 43.3 Å². The lowest BCUT2D eigenvalue weighted by atomic mass is 10.1. The van der Waals surface area contributed by atoms with Gasteiger partial charge in [0, 0.05) is 29.3 Å². The minimum absolute atomic E-state index is 0.277. The number of methoxy groups -OCH3 is 1. The van der Waals surface area contributed by atoms with Gasteiger partial charge in [0.25, 0.3) is 0 Å². The summed E-state index contributed by atoms with van der Waals surface area (Å²) in [5, 5.41) is 6.43. The van der Waals surface area contributed by atoms with E-state index in [4.69, 9.17) is 4.74 Å². The summed E-state index contributed by atoms with van der Waals surface area (Å²) < 4.78 is 18.6. The van der Waals surface area contributed by atoms with Crippen molar-refractivity contribution in [2.24, 2.45) is 0 Å². The second kappa shape index (κ2) is 8.02. The molecule has 2 aromatic heterocycles. The first-order valence-corrected chi connectivity index (χ1v) is 9.07. The third-order valence-corrected chi connectivity index (χ3v) is 4.30. The normalized spacial score (nSPS) is 10.6. The zero-order valence-corrected chi connectivity index (χ0v) is 16.0. The third-order valence-electron chi connectivity index (χ3n) is 4.30. The number of benzene rings is 2.